The van der Waals surface area contributed by atoms with Crippen molar-refractivity contribution in [2.45, 2.75) is 285 Å². The van der Waals surface area contributed by atoms with Gasteiger partial charge in [0.05, 0.1) is 0 Å². The van der Waals surface area contributed by atoms with E-state index in [0.29, 0.717) is 0 Å². The molecule has 0 radical (unpaired) electrons. The number of unbranched alkanes of at least 4 members (excludes halogenated alkanes) is 20. The largest absolute Gasteiger partial charge is 0.139 e. The normalized spacial score (nSPS) is 13.6. The molecule has 0 saturated carbocycles. The molecule has 0 N–H and O–H groups in total. The van der Waals surface area contributed by atoms with Gasteiger partial charge < -0.3 is 0 Å². The van der Waals surface area contributed by atoms with Gasteiger partial charge >= 0.3 is 0 Å². The molecule has 11 heterocycles. The smallest absolute Gasteiger partial charge is 0.0481 e. The molecule has 0 atom stereocenters. The third-order valence-corrected chi connectivity index (χ3v) is 32.3. The molecule has 10 aromatic heterocycles. The predicted molar refractivity (Wildman–Crippen MR) is 435 cm³/mol. The van der Waals surface area contributed by atoms with Crippen LogP contribution in [-0.2, 0) is 51.4 Å². The van der Waals surface area contributed by atoms with Gasteiger partial charge in [-0.25, -0.2) is 0 Å². The van der Waals surface area contributed by atoms with Crippen LogP contribution in [0.3, 0.4) is 0 Å². The standard InChI is InChI=1S/C84H108S10/c1-5-9-13-17-21-29-37-61-57-77-69-53-54-70(89-69)78-58-62(38-30-22-18-14-10-6-2)82(92-78)74-50-46-67(86-74)43-35-27-28-36-44-68-48-52-76(88-68)84-64(40-32-24-20-16-12-8-4)60-80(94-84)72-56-55-71(90-72)79-59-63(39-31-23-19-15-11-7-3)83(93-79)75-51-47-66(87-75)42-34-26-25-33-41-65-45-49-73(85-65)81(61)91-77/h45-60H,5-44H2,1-4H3. The average Bonchev–Trinajstić information content (AvgIpc) is 1.67. The molecule has 10 aromatic rings. The van der Waals surface area contributed by atoms with Crippen LogP contribution in [0.2, 0.25) is 0 Å². The topological polar surface area (TPSA) is 0 Å². The van der Waals surface area contributed by atoms with Crippen molar-refractivity contribution in [3.8, 4) is 78.0 Å². The van der Waals surface area contributed by atoms with E-state index in [1.807, 2.05) is 22.7 Å². The second-order valence-electron chi connectivity index (χ2n) is 27.2. The molecule has 20 bridgehead atoms. The highest BCUT2D eigenvalue weighted by Gasteiger charge is 2.22. The van der Waals surface area contributed by atoms with Crippen molar-refractivity contribution < 1.29 is 0 Å². The molecule has 0 saturated heterocycles. The molecular weight excluding hydrogens is 1330 g/mol. The number of rotatable bonds is 28. The number of aryl methyl sites for hydroxylation is 8. The maximum absolute atomic E-state index is 2.60. The van der Waals surface area contributed by atoms with Gasteiger partial charge in [0.2, 0.25) is 0 Å². The van der Waals surface area contributed by atoms with Gasteiger partial charge in [0, 0.05) is 97.5 Å². The molecule has 0 aliphatic carbocycles. The van der Waals surface area contributed by atoms with E-state index in [9.17, 15) is 0 Å². The Labute approximate surface area is 608 Å². The number of hydrogen-bond acceptors (Lipinski definition) is 10. The van der Waals surface area contributed by atoms with Crippen molar-refractivity contribution in [1.82, 2.24) is 0 Å². The Balaban J connectivity index is 0.835. The Hall–Kier alpha value is -3.00. The van der Waals surface area contributed by atoms with Crippen LogP contribution in [0, 0.1) is 0 Å². The van der Waals surface area contributed by atoms with Gasteiger partial charge in [0.1, 0.15) is 0 Å². The quantitative estimate of drug-likeness (QED) is 0.0429. The van der Waals surface area contributed by atoms with Gasteiger partial charge in [-0.1, -0.05) is 182 Å². The van der Waals surface area contributed by atoms with Crippen molar-refractivity contribution in [1.29, 1.82) is 0 Å². The average molecular weight is 1440 g/mol. The molecule has 1 aliphatic heterocycles. The summed E-state index contributed by atoms with van der Waals surface area (Å²) < 4.78 is 0. The van der Waals surface area contributed by atoms with Crippen LogP contribution < -0.4 is 0 Å². The first-order chi connectivity index (χ1) is 46.4. The van der Waals surface area contributed by atoms with Crippen molar-refractivity contribution in [2.75, 3.05) is 0 Å². The van der Waals surface area contributed by atoms with Crippen molar-refractivity contribution in [2.24, 2.45) is 0 Å². The molecule has 0 spiro atoms. The Morgan fingerprint density at radius 1 is 0.202 bits per heavy atom. The van der Waals surface area contributed by atoms with E-state index < -0.39 is 0 Å². The molecule has 0 amide bonds. The zero-order chi connectivity index (χ0) is 64.5. The minimum atomic E-state index is 1.19. The molecule has 0 unspecified atom stereocenters. The van der Waals surface area contributed by atoms with Gasteiger partial charge in [-0.15, -0.1) is 113 Å². The van der Waals surface area contributed by atoms with Crippen LogP contribution in [0.5, 0.6) is 0 Å². The molecule has 0 fully saturated rings. The molecular formula is C84H108S10. The summed E-state index contributed by atoms with van der Waals surface area (Å²) in [5.74, 6) is 0. The van der Waals surface area contributed by atoms with E-state index in [4.69, 9.17) is 0 Å². The third-order valence-electron chi connectivity index (χ3n) is 19.4. The van der Waals surface area contributed by atoms with E-state index in [1.54, 1.807) is 41.8 Å². The summed E-state index contributed by atoms with van der Waals surface area (Å²) >= 11 is 20.7. The Morgan fingerprint density at radius 3 is 0.649 bits per heavy atom. The Bertz CT molecular complexity index is 3270. The molecule has 94 heavy (non-hydrogen) atoms. The lowest BCUT2D eigenvalue weighted by Crippen LogP contribution is -1.86. The van der Waals surface area contributed by atoms with Crippen LogP contribution in [0.4, 0.5) is 0 Å². The van der Waals surface area contributed by atoms with E-state index >= 15 is 0 Å². The second kappa shape index (κ2) is 39.1. The SMILES string of the molecule is CCCCCCCCc1cc2sc1-c1ccc(s1)CCCCCCc1ccc(s1)-c1sc(cc1CCCCCCCC)-c1ccc(s1)-c1cc(CCCCCCCC)c(s1)-c1ccc(s1)CCCCCCc1ccc(s1)-c1sc(cc1CCCCCCCC)-c1ccc-2s1. The summed E-state index contributed by atoms with van der Waals surface area (Å²) in [5.41, 5.74) is 6.32. The monoisotopic (exact) mass is 1440 g/mol. The van der Waals surface area contributed by atoms with E-state index in [-0.39, 0.29) is 0 Å². The maximum atomic E-state index is 2.60. The minimum Gasteiger partial charge on any atom is -0.139 e. The highest BCUT2D eigenvalue weighted by Crippen LogP contribution is 2.51. The summed E-state index contributed by atoms with van der Waals surface area (Å²) in [6.07, 6.45) is 52.0. The number of thiophene rings is 10. The second-order valence-corrected chi connectivity index (χ2v) is 38.2. The molecule has 11 rings (SSSR count). The lowest BCUT2D eigenvalue weighted by molar-refractivity contribution is 0.608. The fraction of sp³-hybridized carbons (Fsp3) is 0.524. The van der Waals surface area contributed by atoms with E-state index in [1.165, 1.54) is 335 Å². The predicted octanol–water partition coefficient (Wildman–Crippen LogP) is 32.3. The van der Waals surface area contributed by atoms with Crippen LogP contribution in [0.1, 0.15) is 275 Å². The summed E-state index contributed by atoms with van der Waals surface area (Å²) in [4.78, 5) is 29.9. The molecule has 0 aromatic carbocycles. The van der Waals surface area contributed by atoms with Gasteiger partial charge in [-0.2, -0.15) is 0 Å². The summed E-state index contributed by atoms with van der Waals surface area (Å²) in [7, 11) is 0. The highest BCUT2D eigenvalue weighted by atomic mass is 32.1. The fourth-order valence-electron chi connectivity index (χ4n) is 13.8. The summed E-state index contributed by atoms with van der Waals surface area (Å²) in [5, 5.41) is 0. The first-order valence-corrected chi connectivity index (χ1v) is 45.7. The Kier molecular flexibility index (Phi) is 30.1. The molecule has 10 heteroatoms. The van der Waals surface area contributed by atoms with Crippen LogP contribution in [0.15, 0.2) is 97.1 Å². The summed E-state index contributed by atoms with van der Waals surface area (Å²) in [6.45, 7) is 9.33. The van der Waals surface area contributed by atoms with Gasteiger partial charge in [-0.05, 0) is 222 Å². The molecule has 1 aliphatic rings. The van der Waals surface area contributed by atoms with Gasteiger partial charge in [-0.3, -0.25) is 0 Å². The lowest BCUT2D eigenvalue weighted by Gasteiger charge is -2.03. The molecule has 504 valence electrons. The third kappa shape index (κ3) is 21.0. The Morgan fingerprint density at radius 2 is 0.415 bits per heavy atom. The minimum absolute atomic E-state index is 1.19. The van der Waals surface area contributed by atoms with Crippen LogP contribution >= 0.6 is 113 Å². The van der Waals surface area contributed by atoms with E-state index in [2.05, 4.69) is 215 Å². The lowest BCUT2D eigenvalue weighted by atomic mass is 10.0. The maximum Gasteiger partial charge on any atom is 0.0481 e. The van der Waals surface area contributed by atoms with Crippen LogP contribution in [-0.4, -0.2) is 0 Å². The highest BCUT2D eigenvalue weighted by molar-refractivity contribution is 7.31. The van der Waals surface area contributed by atoms with Crippen molar-refractivity contribution in [3.05, 3.63) is 139 Å². The first-order valence-electron chi connectivity index (χ1n) is 37.5. The zero-order valence-electron chi connectivity index (χ0n) is 57.6. The van der Waals surface area contributed by atoms with Crippen molar-refractivity contribution >= 4 is 113 Å². The summed E-state index contributed by atoms with van der Waals surface area (Å²) in [6, 6.07) is 40.0. The zero-order valence-corrected chi connectivity index (χ0v) is 65.8. The molecule has 0 nitrogen and oxygen atoms in total. The number of hydrogen-bond donors (Lipinski definition) is 0. The van der Waals surface area contributed by atoms with Crippen LogP contribution in [0.25, 0.3) is 78.0 Å². The first kappa shape index (κ1) is 72.3. The number of fused-ring (bicyclic) bond motifs is 28. The van der Waals surface area contributed by atoms with E-state index in [0.717, 1.165) is 0 Å². The van der Waals surface area contributed by atoms with Gasteiger partial charge in [0.15, 0.2) is 0 Å². The van der Waals surface area contributed by atoms with Crippen molar-refractivity contribution in [3.63, 3.8) is 0 Å². The fourth-order valence-corrected chi connectivity index (χ4v) is 25.8. The van der Waals surface area contributed by atoms with Gasteiger partial charge in [0.25, 0.3) is 0 Å².